The number of nitrogens with one attached hydrogen (secondary N) is 1. The minimum atomic E-state index is -1.27. The average molecular weight is 376 g/mol. The Labute approximate surface area is 158 Å². The molecule has 0 aliphatic rings. The molecule has 0 atom stereocenters. The molecule has 1 amide bonds. The number of anilines is 1. The van der Waals surface area contributed by atoms with Crippen LogP contribution in [0, 0.1) is 5.82 Å². The molecule has 2 N–H and O–H groups in total. The molecule has 0 aliphatic carbocycles. The number of hydrogen-bond acceptors (Lipinski definition) is 4. The predicted octanol–water partition coefficient (Wildman–Crippen LogP) is 4.13. The molecule has 28 heavy (non-hydrogen) atoms. The van der Waals surface area contributed by atoms with Gasteiger partial charge >= 0.3 is 6.09 Å². The van der Waals surface area contributed by atoms with Crippen LogP contribution in [-0.4, -0.2) is 32.3 Å². The second-order valence-corrected chi connectivity index (χ2v) is 5.93. The van der Waals surface area contributed by atoms with E-state index in [0.29, 0.717) is 17.4 Å². The topological polar surface area (TPSA) is 97.1 Å². The van der Waals surface area contributed by atoms with Crippen molar-refractivity contribution in [1.29, 1.82) is 0 Å². The number of aldehydes is 1. The Morgan fingerprint density at radius 3 is 2.75 bits per heavy atom. The Balaban J connectivity index is 2.04. The summed E-state index contributed by atoms with van der Waals surface area (Å²) in [7, 11) is 0. The van der Waals surface area contributed by atoms with Gasteiger partial charge in [0.05, 0.1) is 23.1 Å². The maximum Gasteiger partial charge on any atom is 0.409 e. The van der Waals surface area contributed by atoms with E-state index in [1.807, 2.05) is 6.07 Å². The summed E-state index contributed by atoms with van der Waals surface area (Å²) in [5, 5.41) is 16.3. The Morgan fingerprint density at radius 1 is 1.14 bits per heavy atom. The lowest BCUT2D eigenvalue weighted by Crippen LogP contribution is -2.11. The van der Waals surface area contributed by atoms with Gasteiger partial charge in [-0.05, 0) is 24.3 Å². The molecule has 0 fully saturated rings. The summed E-state index contributed by atoms with van der Waals surface area (Å²) in [5.74, 6) is -0.625. The Bertz CT molecular complexity index is 1220. The molecule has 2 heterocycles. The van der Waals surface area contributed by atoms with E-state index in [1.54, 1.807) is 30.3 Å². The summed E-state index contributed by atoms with van der Waals surface area (Å²) >= 11 is 0. The number of carbonyl (C=O) groups excluding carboxylic acids is 1. The van der Waals surface area contributed by atoms with Crippen molar-refractivity contribution in [1.82, 2.24) is 14.8 Å². The van der Waals surface area contributed by atoms with Gasteiger partial charge in [0.2, 0.25) is 0 Å². The van der Waals surface area contributed by atoms with Crippen molar-refractivity contribution < 1.29 is 19.1 Å². The van der Waals surface area contributed by atoms with Crippen LogP contribution in [0.15, 0.2) is 60.8 Å². The van der Waals surface area contributed by atoms with Crippen molar-refractivity contribution in [3.8, 4) is 16.9 Å². The quantitative estimate of drug-likeness (QED) is 0.522. The van der Waals surface area contributed by atoms with Crippen molar-refractivity contribution in [2.75, 3.05) is 5.32 Å². The number of benzene rings is 2. The lowest BCUT2D eigenvalue weighted by atomic mass is 10.0. The average Bonchev–Trinajstić information content (AvgIpc) is 3.15. The molecule has 7 nitrogen and oxygen atoms in total. The third-order valence-corrected chi connectivity index (χ3v) is 4.21. The van der Waals surface area contributed by atoms with Gasteiger partial charge in [-0.1, -0.05) is 30.3 Å². The molecule has 0 spiro atoms. The highest BCUT2D eigenvalue weighted by Crippen LogP contribution is 2.35. The van der Waals surface area contributed by atoms with E-state index in [0.717, 1.165) is 5.39 Å². The predicted molar refractivity (Wildman–Crippen MR) is 101 cm³/mol. The van der Waals surface area contributed by atoms with E-state index in [2.05, 4.69) is 15.4 Å². The fourth-order valence-electron chi connectivity index (χ4n) is 3.04. The van der Waals surface area contributed by atoms with Gasteiger partial charge in [0, 0.05) is 10.9 Å². The van der Waals surface area contributed by atoms with E-state index in [-0.39, 0.29) is 22.8 Å². The molecule has 2 aromatic carbocycles. The van der Waals surface area contributed by atoms with Crippen LogP contribution in [0.25, 0.3) is 27.8 Å². The van der Waals surface area contributed by atoms with Crippen LogP contribution in [-0.2, 0) is 0 Å². The molecule has 0 unspecified atom stereocenters. The van der Waals surface area contributed by atoms with Gasteiger partial charge in [-0.3, -0.25) is 10.1 Å². The summed E-state index contributed by atoms with van der Waals surface area (Å²) in [6.07, 6.45) is 0.668. The standard InChI is InChI=1S/C20H13FN4O3/c21-15-6-3-5-14(19(15)25-13(11-26)8-9-22-25)18-17(24-20(27)28)10-12-4-1-2-7-16(12)23-18/h1-11,24H,(H,27,28). The summed E-state index contributed by atoms with van der Waals surface area (Å²) in [6.45, 7) is 0. The van der Waals surface area contributed by atoms with Crippen LogP contribution < -0.4 is 5.32 Å². The molecule has 0 saturated carbocycles. The highest BCUT2D eigenvalue weighted by molar-refractivity contribution is 5.96. The monoisotopic (exact) mass is 376 g/mol. The lowest BCUT2D eigenvalue weighted by Gasteiger charge is -2.15. The molecule has 0 bridgehead atoms. The van der Waals surface area contributed by atoms with Crippen molar-refractivity contribution in [2.24, 2.45) is 0 Å². The van der Waals surface area contributed by atoms with Crippen LogP contribution in [0.2, 0.25) is 0 Å². The first-order valence-corrected chi connectivity index (χ1v) is 8.26. The van der Waals surface area contributed by atoms with Crippen molar-refractivity contribution >= 4 is 29.0 Å². The van der Waals surface area contributed by atoms with Gasteiger partial charge in [-0.25, -0.2) is 18.9 Å². The van der Waals surface area contributed by atoms with Gasteiger partial charge < -0.3 is 5.11 Å². The van der Waals surface area contributed by atoms with Gasteiger partial charge in [-0.2, -0.15) is 5.10 Å². The Morgan fingerprint density at radius 2 is 1.96 bits per heavy atom. The minimum Gasteiger partial charge on any atom is -0.465 e. The number of halogens is 1. The minimum absolute atomic E-state index is 0.00539. The second-order valence-electron chi connectivity index (χ2n) is 5.93. The van der Waals surface area contributed by atoms with E-state index < -0.39 is 11.9 Å². The van der Waals surface area contributed by atoms with Crippen molar-refractivity contribution in [3.63, 3.8) is 0 Å². The van der Waals surface area contributed by atoms with E-state index in [4.69, 9.17) is 0 Å². The zero-order valence-electron chi connectivity index (χ0n) is 14.3. The molecule has 2 aromatic heterocycles. The molecular weight excluding hydrogens is 363 g/mol. The van der Waals surface area contributed by atoms with Crippen molar-refractivity contribution in [3.05, 3.63) is 72.3 Å². The Hall–Kier alpha value is -4.07. The number of pyridine rings is 1. The summed E-state index contributed by atoms with van der Waals surface area (Å²) < 4.78 is 15.9. The smallest absolute Gasteiger partial charge is 0.409 e. The van der Waals surface area contributed by atoms with Crippen LogP contribution in [0.1, 0.15) is 10.5 Å². The zero-order chi connectivity index (χ0) is 19.7. The molecule has 0 radical (unpaired) electrons. The first kappa shape index (κ1) is 17.3. The van der Waals surface area contributed by atoms with Crippen LogP contribution in [0.3, 0.4) is 0 Å². The zero-order valence-corrected chi connectivity index (χ0v) is 14.3. The summed E-state index contributed by atoms with van der Waals surface area (Å²) in [5.41, 5.74) is 1.48. The largest absolute Gasteiger partial charge is 0.465 e. The molecule has 8 heteroatoms. The van der Waals surface area contributed by atoms with Gasteiger partial charge in [0.1, 0.15) is 17.2 Å². The molecular formula is C20H13FN4O3. The number of rotatable bonds is 4. The van der Waals surface area contributed by atoms with E-state index >= 15 is 0 Å². The third-order valence-electron chi connectivity index (χ3n) is 4.21. The van der Waals surface area contributed by atoms with Crippen LogP contribution >= 0.6 is 0 Å². The Kier molecular flexibility index (Phi) is 4.29. The first-order chi connectivity index (χ1) is 13.6. The number of amides is 1. The van der Waals surface area contributed by atoms with Crippen LogP contribution in [0.4, 0.5) is 14.9 Å². The van der Waals surface area contributed by atoms with Gasteiger partial charge in [0.25, 0.3) is 0 Å². The maximum absolute atomic E-state index is 14.8. The molecule has 0 aliphatic heterocycles. The fourth-order valence-corrected chi connectivity index (χ4v) is 3.04. The third kappa shape index (κ3) is 2.96. The molecule has 4 aromatic rings. The van der Waals surface area contributed by atoms with E-state index in [9.17, 15) is 19.1 Å². The normalized spacial score (nSPS) is 10.8. The number of carbonyl (C=O) groups is 2. The summed E-state index contributed by atoms with van der Waals surface area (Å²) in [6, 6.07) is 14.6. The number of fused-ring (bicyclic) bond motifs is 1. The van der Waals surface area contributed by atoms with Gasteiger partial charge in [0.15, 0.2) is 6.29 Å². The number of aromatic nitrogens is 3. The number of carboxylic acid groups (broad SMARTS) is 1. The lowest BCUT2D eigenvalue weighted by molar-refractivity contribution is 0.111. The number of nitrogens with zero attached hydrogens (tertiary/aromatic N) is 3. The van der Waals surface area contributed by atoms with Crippen LogP contribution in [0.5, 0.6) is 0 Å². The number of para-hydroxylation sites is 2. The van der Waals surface area contributed by atoms with Crippen molar-refractivity contribution in [2.45, 2.75) is 0 Å². The first-order valence-electron chi connectivity index (χ1n) is 8.26. The SMILES string of the molecule is O=Cc1ccnn1-c1c(F)cccc1-c1nc2ccccc2cc1NC(=O)O. The molecule has 4 rings (SSSR count). The number of hydrogen-bond donors (Lipinski definition) is 2. The summed E-state index contributed by atoms with van der Waals surface area (Å²) in [4.78, 5) is 27.2. The maximum atomic E-state index is 14.8. The fraction of sp³-hybridized carbons (Fsp3) is 0. The second kappa shape index (κ2) is 6.92. The highest BCUT2D eigenvalue weighted by atomic mass is 19.1. The molecule has 138 valence electrons. The molecule has 0 saturated heterocycles. The highest BCUT2D eigenvalue weighted by Gasteiger charge is 2.20. The van der Waals surface area contributed by atoms with Gasteiger partial charge in [-0.15, -0.1) is 0 Å². The van der Waals surface area contributed by atoms with E-state index in [1.165, 1.54) is 29.1 Å².